The molecule has 0 saturated carbocycles. The van der Waals surface area contributed by atoms with Gasteiger partial charge in [0.2, 0.25) is 0 Å². The molecule has 0 spiro atoms. The topological polar surface area (TPSA) is 117 Å². The van der Waals surface area contributed by atoms with Crippen LogP contribution in [-0.2, 0) is 16.8 Å². The van der Waals surface area contributed by atoms with E-state index in [0.29, 0.717) is 30.9 Å². The third kappa shape index (κ3) is 6.18. The summed E-state index contributed by atoms with van der Waals surface area (Å²) < 4.78 is 36.0. The highest BCUT2D eigenvalue weighted by Gasteiger charge is 2.36. The Balaban J connectivity index is 1.62. The second kappa shape index (κ2) is 11.7. The second-order valence-corrected chi connectivity index (χ2v) is 10.7. The summed E-state index contributed by atoms with van der Waals surface area (Å²) in [6, 6.07) is 11.3. The molecule has 1 amide bonds. The first-order valence-corrected chi connectivity index (χ1v) is 14.2. The number of hydrogen-bond acceptors (Lipinski definition) is 7. The van der Waals surface area contributed by atoms with E-state index in [1.54, 1.807) is 14.2 Å². The highest BCUT2D eigenvalue weighted by atomic mass is 32.2. The van der Waals surface area contributed by atoms with Gasteiger partial charge in [-0.25, -0.2) is 9.86 Å². The molecule has 2 aliphatic rings. The zero-order valence-electron chi connectivity index (χ0n) is 21.8. The molecule has 2 aromatic carbocycles. The number of hydrogen-bond donors (Lipinski definition) is 2. The fourth-order valence-corrected chi connectivity index (χ4v) is 5.69. The monoisotopic (exact) mass is 531 g/mol. The maximum absolute atomic E-state index is 13.7. The number of fused-ring (bicyclic) bond motifs is 1. The largest absolute Gasteiger partial charge is 0.493 e. The molecule has 11 heteroatoms. The number of nitrogens with two attached hydrogens (primary N) is 1. The normalized spacial score (nSPS) is 17.1. The highest BCUT2D eigenvalue weighted by molar-refractivity contribution is 7.87. The smallest absolute Gasteiger partial charge is 0.274 e. The maximum atomic E-state index is 13.7. The SMILES string of the molecule is CCN1CCN(c2cccc3c2CN([C@H](CCCNS(N)(=O)=O)c2ccc(OC)c(OC)c2)C3=O)CC1. The third-order valence-electron chi connectivity index (χ3n) is 7.26. The fourth-order valence-electron chi connectivity index (χ4n) is 5.26. The van der Waals surface area contributed by atoms with Crippen molar-refractivity contribution in [2.75, 3.05) is 58.4 Å². The molecule has 1 atom stereocenters. The van der Waals surface area contributed by atoms with Crippen LogP contribution >= 0.6 is 0 Å². The van der Waals surface area contributed by atoms with E-state index in [1.165, 1.54) is 0 Å². The molecule has 202 valence electrons. The van der Waals surface area contributed by atoms with Crippen LogP contribution in [0.4, 0.5) is 5.69 Å². The first-order valence-electron chi connectivity index (χ1n) is 12.6. The van der Waals surface area contributed by atoms with Gasteiger partial charge in [-0.3, -0.25) is 4.79 Å². The molecule has 2 aliphatic heterocycles. The molecule has 0 aromatic heterocycles. The number of carbonyl (C=O) groups excluding carboxylic acids is 1. The number of anilines is 1. The zero-order valence-corrected chi connectivity index (χ0v) is 22.6. The molecular formula is C26H37N5O5S. The molecule has 2 aromatic rings. The van der Waals surface area contributed by atoms with Gasteiger partial charge in [0.15, 0.2) is 11.5 Å². The number of nitrogens with one attached hydrogen (secondary N) is 1. The molecule has 1 saturated heterocycles. The number of carbonyl (C=O) groups is 1. The lowest BCUT2D eigenvalue weighted by Gasteiger charge is -2.36. The Morgan fingerprint density at radius 1 is 1.05 bits per heavy atom. The lowest BCUT2D eigenvalue weighted by Crippen LogP contribution is -2.46. The number of nitrogens with zero attached hydrogens (tertiary/aromatic N) is 3. The Labute approximate surface area is 219 Å². The van der Waals surface area contributed by atoms with E-state index in [0.717, 1.165) is 55.1 Å². The lowest BCUT2D eigenvalue weighted by molar-refractivity contribution is 0.0689. The molecule has 0 unspecified atom stereocenters. The number of rotatable bonds is 11. The second-order valence-electron chi connectivity index (χ2n) is 9.37. The summed E-state index contributed by atoms with van der Waals surface area (Å²) in [5.41, 5.74) is 3.78. The molecule has 4 rings (SSSR count). The maximum Gasteiger partial charge on any atom is 0.274 e. The minimum Gasteiger partial charge on any atom is -0.493 e. The molecular weight excluding hydrogens is 494 g/mol. The van der Waals surface area contributed by atoms with Gasteiger partial charge in [0.05, 0.1) is 20.3 Å². The van der Waals surface area contributed by atoms with E-state index < -0.39 is 10.2 Å². The average molecular weight is 532 g/mol. The summed E-state index contributed by atoms with van der Waals surface area (Å²) in [5, 5.41) is 5.10. The average Bonchev–Trinajstić information content (AvgIpc) is 3.24. The first-order chi connectivity index (χ1) is 17.8. The Kier molecular flexibility index (Phi) is 8.58. The molecule has 3 N–H and O–H groups in total. The zero-order chi connectivity index (χ0) is 26.6. The van der Waals surface area contributed by atoms with Gasteiger partial charge in [0.25, 0.3) is 16.1 Å². The van der Waals surface area contributed by atoms with Gasteiger partial charge in [-0.05, 0) is 49.2 Å². The number of likely N-dealkylation sites (N-methyl/N-ethyl adjacent to an activating group) is 1. The summed E-state index contributed by atoms with van der Waals surface area (Å²) in [5.74, 6) is 1.15. The van der Waals surface area contributed by atoms with Crippen molar-refractivity contribution in [3.63, 3.8) is 0 Å². The highest BCUT2D eigenvalue weighted by Crippen LogP contribution is 2.40. The fraction of sp³-hybridized carbons (Fsp3) is 0.500. The van der Waals surface area contributed by atoms with Crippen LogP contribution in [0, 0.1) is 0 Å². The summed E-state index contributed by atoms with van der Waals surface area (Å²) in [7, 11) is -0.623. The van der Waals surface area contributed by atoms with Crippen LogP contribution in [-0.4, -0.2) is 77.6 Å². The standard InChI is InChI=1S/C26H37N5O5S/c1-4-29-13-15-30(16-14-29)23-8-5-7-20-21(23)18-31(26(20)32)22(9-6-12-28-37(27,33)34)19-10-11-24(35-2)25(17-19)36-3/h5,7-8,10-11,17,22,28H,4,6,9,12-16,18H2,1-3H3,(H2,27,33,34)/t22-/m1/s1. The minimum atomic E-state index is -3.78. The van der Waals surface area contributed by atoms with Crippen molar-refractivity contribution in [1.29, 1.82) is 0 Å². The van der Waals surface area contributed by atoms with Crippen LogP contribution in [0.5, 0.6) is 11.5 Å². The van der Waals surface area contributed by atoms with E-state index >= 15 is 0 Å². The van der Waals surface area contributed by atoms with Crippen molar-refractivity contribution < 1.29 is 22.7 Å². The minimum absolute atomic E-state index is 0.0248. The van der Waals surface area contributed by atoms with Gasteiger partial charge in [-0.1, -0.05) is 19.1 Å². The van der Waals surface area contributed by atoms with Crippen molar-refractivity contribution in [1.82, 2.24) is 14.5 Å². The quantitative estimate of drug-likeness (QED) is 0.427. The Hall–Kier alpha value is -2.86. The summed E-state index contributed by atoms with van der Waals surface area (Å²) in [6.07, 6.45) is 1.05. The van der Waals surface area contributed by atoms with E-state index in [2.05, 4.69) is 27.5 Å². The summed E-state index contributed by atoms with van der Waals surface area (Å²) in [4.78, 5) is 20.4. The van der Waals surface area contributed by atoms with E-state index in [-0.39, 0.29) is 18.5 Å². The Morgan fingerprint density at radius 2 is 1.78 bits per heavy atom. The third-order valence-corrected chi connectivity index (χ3v) is 7.86. The van der Waals surface area contributed by atoms with Gasteiger partial charge in [-0.2, -0.15) is 8.42 Å². The molecule has 1 fully saturated rings. The van der Waals surface area contributed by atoms with Gasteiger partial charge >= 0.3 is 0 Å². The van der Waals surface area contributed by atoms with Crippen LogP contribution in [0.2, 0.25) is 0 Å². The number of piperazine rings is 1. The van der Waals surface area contributed by atoms with Crippen LogP contribution in [0.15, 0.2) is 36.4 Å². The molecule has 0 bridgehead atoms. The number of benzene rings is 2. The number of ether oxygens (including phenoxy) is 2. The van der Waals surface area contributed by atoms with Crippen LogP contribution in [0.1, 0.15) is 47.3 Å². The molecule has 0 aliphatic carbocycles. The Morgan fingerprint density at radius 3 is 2.43 bits per heavy atom. The van der Waals surface area contributed by atoms with Crippen molar-refractivity contribution in [3.05, 3.63) is 53.1 Å². The van der Waals surface area contributed by atoms with Gasteiger partial charge in [0.1, 0.15) is 0 Å². The van der Waals surface area contributed by atoms with Crippen molar-refractivity contribution >= 4 is 21.8 Å². The van der Waals surface area contributed by atoms with Crippen molar-refractivity contribution in [2.45, 2.75) is 32.4 Å². The number of amides is 1. The predicted molar refractivity (Wildman–Crippen MR) is 143 cm³/mol. The van der Waals surface area contributed by atoms with Crippen molar-refractivity contribution in [3.8, 4) is 11.5 Å². The van der Waals surface area contributed by atoms with Crippen LogP contribution in [0.3, 0.4) is 0 Å². The van der Waals surface area contributed by atoms with Gasteiger partial charge in [0, 0.05) is 56.1 Å². The van der Waals surface area contributed by atoms with Crippen LogP contribution < -0.4 is 24.2 Å². The van der Waals surface area contributed by atoms with E-state index in [1.807, 2.05) is 35.2 Å². The molecule has 37 heavy (non-hydrogen) atoms. The number of methoxy groups -OCH3 is 2. The van der Waals surface area contributed by atoms with E-state index in [9.17, 15) is 13.2 Å². The Bertz CT molecular complexity index is 1210. The lowest BCUT2D eigenvalue weighted by atomic mass is 9.99. The van der Waals surface area contributed by atoms with Crippen molar-refractivity contribution in [2.24, 2.45) is 5.14 Å². The summed E-state index contributed by atoms with van der Waals surface area (Å²) >= 11 is 0. The summed E-state index contributed by atoms with van der Waals surface area (Å²) in [6.45, 7) is 7.75. The van der Waals surface area contributed by atoms with Crippen LogP contribution in [0.25, 0.3) is 0 Å². The molecule has 10 nitrogen and oxygen atoms in total. The molecule has 0 radical (unpaired) electrons. The van der Waals surface area contributed by atoms with Gasteiger partial charge in [-0.15, -0.1) is 0 Å². The van der Waals surface area contributed by atoms with E-state index in [4.69, 9.17) is 14.6 Å². The first kappa shape index (κ1) is 27.2. The van der Waals surface area contributed by atoms with Gasteiger partial charge < -0.3 is 24.2 Å². The predicted octanol–water partition coefficient (Wildman–Crippen LogP) is 2.12. The molecule has 2 heterocycles.